The van der Waals surface area contributed by atoms with Gasteiger partial charge in [-0.15, -0.1) is 0 Å². The zero-order valence-corrected chi connectivity index (χ0v) is 11.5. The third-order valence-corrected chi connectivity index (χ3v) is 2.90. The smallest absolute Gasteiger partial charge is 0.122 e. The third-order valence-electron chi connectivity index (χ3n) is 2.26. The fourth-order valence-electron chi connectivity index (χ4n) is 1.37. The lowest BCUT2D eigenvalue weighted by Crippen LogP contribution is -2.16. The van der Waals surface area contributed by atoms with Crippen molar-refractivity contribution in [2.45, 2.75) is 20.0 Å². The average molecular weight is 303 g/mol. The van der Waals surface area contributed by atoms with E-state index in [9.17, 15) is 9.50 Å². The first kappa shape index (κ1) is 14.0. The van der Waals surface area contributed by atoms with Gasteiger partial charge in [0.05, 0.1) is 12.0 Å². The second-order valence-corrected chi connectivity index (χ2v) is 4.65. The molecule has 0 saturated carbocycles. The number of benzene rings is 1. The number of aromatic hydroxyl groups is 1. The molecule has 0 atom stereocenters. The van der Waals surface area contributed by atoms with E-state index in [1.165, 1.54) is 12.1 Å². The van der Waals surface area contributed by atoms with Gasteiger partial charge < -0.3 is 10.0 Å². The zero-order chi connectivity index (χ0) is 12.8. The quantitative estimate of drug-likeness (QED) is 0.666. The summed E-state index contributed by atoms with van der Waals surface area (Å²) in [6.07, 6.45) is 2.73. The van der Waals surface area contributed by atoms with Crippen molar-refractivity contribution in [1.82, 2.24) is 4.90 Å². The van der Waals surface area contributed by atoms with E-state index in [1.807, 2.05) is 11.9 Å². The molecule has 3 nitrogen and oxygen atoms in total. The Hall–Kier alpha value is -1.10. The number of phenolic OH excluding ortho intramolecular Hbond substituents is 1. The number of phenols is 1. The summed E-state index contributed by atoms with van der Waals surface area (Å²) in [5.41, 5.74) is 0.858. The minimum atomic E-state index is -0.702. The molecule has 1 aromatic rings. The second kappa shape index (κ2) is 6.59. The van der Waals surface area contributed by atoms with Crippen LogP contribution in [0.4, 0.5) is 10.1 Å². The highest BCUT2D eigenvalue weighted by Gasteiger charge is 2.06. The number of aliphatic imine (C=N–C) groups is 1. The van der Waals surface area contributed by atoms with Crippen molar-refractivity contribution in [3.8, 4) is 5.75 Å². The van der Waals surface area contributed by atoms with Crippen LogP contribution in [0.1, 0.15) is 18.9 Å². The molecular weight excluding hydrogens is 287 g/mol. The maximum Gasteiger partial charge on any atom is 0.122 e. The summed E-state index contributed by atoms with van der Waals surface area (Å²) in [6.45, 7) is 2.30. The molecule has 0 radical (unpaired) electrons. The molecule has 0 aliphatic carbocycles. The molecule has 0 bridgehead atoms. The SMILES string of the molecule is CCCN(C)C=Nc1cc(CF)c(O)cc1Br. The van der Waals surface area contributed by atoms with Crippen LogP contribution in [0.3, 0.4) is 0 Å². The topological polar surface area (TPSA) is 35.8 Å². The number of hydrogen-bond acceptors (Lipinski definition) is 2. The first-order valence-corrected chi connectivity index (χ1v) is 6.19. The fraction of sp³-hybridized carbons (Fsp3) is 0.417. The van der Waals surface area contributed by atoms with Gasteiger partial charge in [0.25, 0.3) is 0 Å². The molecule has 0 aromatic heterocycles. The van der Waals surface area contributed by atoms with Gasteiger partial charge >= 0.3 is 0 Å². The van der Waals surface area contributed by atoms with Crippen LogP contribution in [0.5, 0.6) is 5.75 Å². The van der Waals surface area contributed by atoms with Crippen molar-refractivity contribution >= 4 is 28.0 Å². The lowest BCUT2D eigenvalue weighted by Gasteiger charge is -2.11. The first-order chi connectivity index (χ1) is 8.08. The average Bonchev–Trinajstić information content (AvgIpc) is 2.28. The second-order valence-electron chi connectivity index (χ2n) is 3.79. The van der Waals surface area contributed by atoms with Crippen LogP contribution in [-0.4, -0.2) is 29.9 Å². The van der Waals surface area contributed by atoms with Crippen LogP contribution >= 0.6 is 15.9 Å². The monoisotopic (exact) mass is 302 g/mol. The highest BCUT2D eigenvalue weighted by molar-refractivity contribution is 9.10. The van der Waals surface area contributed by atoms with Crippen LogP contribution in [0.15, 0.2) is 21.6 Å². The van der Waals surface area contributed by atoms with Gasteiger partial charge in [0.1, 0.15) is 12.4 Å². The molecule has 0 aliphatic heterocycles. The van der Waals surface area contributed by atoms with Gasteiger partial charge in [0.15, 0.2) is 0 Å². The number of nitrogens with zero attached hydrogens (tertiary/aromatic N) is 2. The summed E-state index contributed by atoms with van der Waals surface area (Å²) >= 11 is 3.28. The van der Waals surface area contributed by atoms with Gasteiger partial charge in [-0.3, -0.25) is 0 Å². The Bertz CT molecular complexity index is 410. The van der Waals surface area contributed by atoms with Crippen molar-refractivity contribution in [1.29, 1.82) is 0 Å². The minimum absolute atomic E-state index is 0.0553. The fourth-order valence-corrected chi connectivity index (χ4v) is 1.81. The number of alkyl halides is 1. The summed E-state index contributed by atoms with van der Waals surface area (Å²) < 4.78 is 13.2. The summed E-state index contributed by atoms with van der Waals surface area (Å²) in [6, 6.07) is 3.00. The summed E-state index contributed by atoms with van der Waals surface area (Å²) in [5.74, 6) is -0.0553. The van der Waals surface area contributed by atoms with Crippen molar-refractivity contribution < 1.29 is 9.50 Å². The van der Waals surface area contributed by atoms with E-state index in [1.54, 1.807) is 6.34 Å². The van der Waals surface area contributed by atoms with E-state index in [0.29, 0.717) is 10.2 Å². The normalized spacial score (nSPS) is 11.1. The Morgan fingerprint density at radius 2 is 2.24 bits per heavy atom. The van der Waals surface area contributed by atoms with Crippen molar-refractivity contribution in [2.24, 2.45) is 4.99 Å². The van der Waals surface area contributed by atoms with E-state index in [4.69, 9.17) is 0 Å². The molecule has 0 spiro atoms. The maximum atomic E-state index is 12.6. The summed E-state index contributed by atoms with van der Waals surface area (Å²) in [4.78, 5) is 6.20. The Morgan fingerprint density at radius 3 is 2.82 bits per heavy atom. The van der Waals surface area contributed by atoms with Gasteiger partial charge in [-0.05, 0) is 34.5 Å². The van der Waals surface area contributed by atoms with Crippen LogP contribution in [0.25, 0.3) is 0 Å². The van der Waals surface area contributed by atoms with Gasteiger partial charge in [-0.1, -0.05) is 6.92 Å². The maximum absolute atomic E-state index is 12.6. The molecular formula is C12H16BrFN2O. The van der Waals surface area contributed by atoms with Gasteiger partial charge in [-0.2, -0.15) is 0 Å². The number of hydrogen-bond donors (Lipinski definition) is 1. The number of rotatable bonds is 5. The van der Waals surface area contributed by atoms with Gasteiger partial charge in [0, 0.05) is 23.6 Å². The molecule has 0 amide bonds. The Labute approximate surface area is 109 Å². The van der Waals surface area contributed by atoms with E-state index in [0.717, 1.165) is 13.0 Å². The zero-order valence-electron chi connectivity index (χ0n) is 9.95. The van der Waals surface area contributed by atoms with E-state index < -0.39 is 6.67 Å². The van der Waals surface area contributed by atoms with Crippen LogP contribution in [-0.2, 0) is 6.67 Å². The molecule has 1 N–H and O–H groups in total. The summed E-state index contributed by atoms with van der Waals surface area (Å²) in [5, 5.41) is 9.45. The van der Waals surface area contributed by atoms with Gasteiger partial charge in [0.2, 0.25) is 0 Å². The molecule has 0 fully saturated rings. The van der Waals surface area contributed by atoms with Crippen molar-refractivity contribution in [2.75, 3.05) is 13.6 Å². The minimum Gasteiger partial charge on any atom is -0.508 e. The lowest BCUT2D eigenvalue weighted by atomic mass is 10.2. The van der Waals surface area contributed by atoms with E-state index >= 15 is 0 Å². The predicted octanol–water partition coefficient (Wildman–Crippen LogP) is 3.63. The van der Waals surface area contributed by atoms with E-state index in [2.05, 4.69) is 27.8 Å². The molecule has 0 heterocycles. The molecule has 94 valence electrons. The Morgan fingerprint density at radius 1 is 1.53 bits per heavy atom. The van der Waals surface area contributed by atoms with Crippen LogP contribution in [0.2, 0.25) is 0 Å². The standard InChI is InChI=1S/C12H16BrFN2O/c1-3-4-16(2)8-15-11-5-9(7-14)12(17)6-10(11)13/h5-6,8,17H,3-4,7H2,1-2H3. The largest absolute Gasteiger partial charge is 0.508 e. The Kier molecular flexibility index (Phi) is 5.41. The van der Waals surface area contributed by atoms with E-state index in [-0.39, 0.29) is 11.3 Å². The highest BCUT2D eigenvalue weighted by atomic mass is 79.9. The first-order valence-electron chi connectivity index (χ1n) is 5.40. The van der Waals surface area contributed by atoms with Gasteiger partial charge in [-0.25, -0.2) is 9.38 Å². The molecule has 17 heavy (non-hydrogen) atoms. The molecule has 1 aromatic carbocycles. The lowest BCUT2D eigenvalue weighted by molar-refractivity contribution is 0.432. The van der Waals surface area contributed by atoms with Crippen LogP contribution < -0.4 is 0 Å². The molecule has 1 rings (SSSR count). The number of halogens is 2. The molecule has 0 unspecified atom stereocenters. The molecule has 0 aliphatic rings. The predicted molar refractivity (Wildman–Crippen MR) is 71.7 cm³/mol. The molecule has 0 saturated heterocycles. The summed E-state index contributed by atoms with van der Waals surface area (Å²) in [7, 11) is 1.93. The molecule has 5 heteroatoms. The van der Waals surface area contributed by atoms with Crippen LogP contribution in [0, 0.1) is 0 Å². The highest BCUT2D eigenvalue weighted by Crippen LogP contribution is 2.32. The van der Waals surface area contributed by atoms with Crippen molar-refractivity contribution in [3.63, 3.8) is 0 Å². The van der Waals surface area contributed by atoms with Crippen molar-refractivity contribution in [3.05, 3.63) is 22.2 Å². The Balaban J connectivity index is 2.90. The third kappa shape index (κ3) is 4.00.